The van der Waals surface area contributed by atoms with E-state index in [1.54, 1.807) is 23.1 Å². The molecule has 0 aliphatic heterocycles. The van der Waals surface area contributed by atoms with Crippen molar-refractivity contribution in [2.75, 3.05) is 12.4 Å². The number of nitrogens with zero attached hydrogens (tertiary/aromatic N) is 3. The third-order valence-corrected chi connectivity index (χ3v) is 5.42. The molecule has 1 saturated carbocycles. The van der Waals surface area contributed by atoms with Gasteiger partial charge in [-0.3, -0.25) is 4.57 Å². The molecular formula is C17H17N3OS2. The van der Waals surface area contributed by atoms with Crippen molar-refractivity contribution >= 4 is 23.1 Å². The average Bonchev–Trinajstić information content (AvgIpc) is 3.11. The molecule has 0 spiro atoms. The van der Waals surface area contributed by atoms with Gasteiger partial charge in [-0.25, -0.2) is 0 Å². The highest BCUT2D eigenvalue weighted by molar-refractivity contribution is 7.99. The summed E-state index contributed by atoms with van der Waals surface area (Å²) in [4.78, 5) is 1.19. The van der Waals surface area contributed by atoms with Gasteiger partial charge in [-0.15, -0.1) is 21.5 Å². The summed E-state index contributed by atoms with van der Waals surface area (Å²) in [5.74, 6) is 2.79. The Morgan fingerprint density at radius 3 is 2.74 bits per heavy atom. The van der Waals surface area contributed by atoms with Gasteiger partial charge in [0.2, 0.25) is 0 Å². The standard InChI is InChI=1S/C17H17N3OS2/c1-2-5-14(6-3-1)21-10-12-23-17-19-18-16(15-7-4-11-22-15)20(17)13-8-9-13/h1-7,11,13H,8-10,12H2. The zero-order valence-electron chi connectivity index (χ0n) is 12.6. The second kappa shape index (κ2) is 6.76. The molecule has 1 aromatic carbocycles. The molecule has 23 heavy (non-hydrogen) atoms. The van der Waals surface area contributed by atoms with Gasteiger partial charge in [-0.1, -0.05) is 36.0 Å². The molecular weight excluding hydrogens is 326 g/mol. The van der Waals surface area contributed by atoms with Crippen LogP contribution < -0.4 is 4.74 Å². The highest BCUT2D eigenvalue weighted by Crippen LogP contribution is 2.41. The third kappa shape index (κ3) is 3.43. The third-order valence-electron chi connectivity index (χ3n) is 3.64. The van der Waals surface area contributed by atoms with Crippen LogP contribution in [0.2, 0.25) is 0 Å². The zero-order valence-corrected chi connectivity index (χ0v) is 14.2. The number of ether oxygens (including phenoxy) is 1. The highest BCUT2D eigenvalue weighted by atomic mass is 32.2. The molecule has 0 radical (unpaired) electrons. The number of benzene rings is 1. The first-order valence-electron chi connectivity index (χ1n) is 7.71. The maximum Gasteiger partial charge on any atom is 0.191 e. The predicted octanol–water partition coefficient (Wildman–Crippen LogP) is 4.51. The normalized spacial score (nSPS) is 14.1. The van der Waals surface area contributed by atoms with Gasteiger partial charge >= 0.3 is 0 Å². The second-order valence-corrected chi connectivity index (χ2v) is 7.40. The van der Waals surface area contributed by atoms with Crippen LogP contribution in [0, 0.1) is 0 Å². The molecule has 118 valence electrons. The topological polar surface area (TPSA) is 39.9 Å². The molecule has 0 amide bonds. The van der Waals surface area contributed by atoms with Crippen molar-refractivity contribution in [3.63, 3.8) is 0 Å². The molecule has 2 heterocycles. The van der Waals surface area contributed by atoms with Crippen LogP contribution in [0.3, 0.4) is 0 Å². The van der Waals surface area contributed by atoms with Crippen molar-refractivity contribution in [2.24, 2.45) is 0 Å². The van der Waals surface area contributed by atoms with E-state index in [1.165, 1.54) is 17.7 Å². The summed E-state index contributed by atoms with van der Waals surface area (Å²) in [6.45, 7) is 0.667. The van der Waals surface area contributed by atoms with Gasteiger partial charge in [0.05, 0.1) is 11.5 Å². The van der Waals surface area contributed by atoms with Crippen molar-refractivity contribution in [1.29, 1.82) is 0 Å². The molecule has 4 nitrogen and oxygen atoms in total. The monoisotopic (exact) mass is 343 g/mol. The molecule has 3 aromatic rings. The molecule has 0 N–H and O–H groups in total. The van der Waals surface area contributed by atoms with E-state index in [-0.39, 0.29) is 0 Å². The van der Waals surface area contributed by atoms with Crippen LogP contribution in [0.25, 0.3) is 10.7 Å². The summed E-state index contributed by atoms with van der Waals surface area (Å²) in [7, 11) is 0. The average molecular weight is 343 g/mol. The first-order chi connectivity index (χ1) is 11.4. The van der Waals surface area contributed by atoms with Crippen LogP contribution in [-0.2, 0) is 0 Å². The number of aromatic nitrogens is 3. The molecule has 2 aromatic heterocycles. The fourth-order valence-corrected chi connectivity index (χ4v) is 3.95. The quantitative estimate of drug-likeness (QED) is 0.467. The molecule has 4 rings (SSSR count). The van der Waals surface area contributed by atoms with Crippen LogP contribution in [-0.4, -0.2) is 27.1 Å². The van der Waals surface area contributed by atoms with E-state index in [9.17, 15) is 0 Å². The number of hydrogen-bond donors (Lipinski definition) is 0. The molecule has 0 saturated heterocycles. The fraction of sp³-hybridized carbons (Fsp3) is 0.294. The maximum absolute atomic E-state index is 5.75. The van der Waals surface area contributed by atoms with E-state index in [2.05, 4.69) is 32.3 Å². The first kappa shape index (κ1) is 14.8. The number of hydrogen-bond acceptors (Lipinski definition) is 5. The Labute approximate surface area is 143 Å². The smallest absolute Gasteiger partial charge is 0.191 e. The van der Waals surface area contributed by atoms with E-state index in [1.807, 2.05) is 30.3 Å². The van der Waals surface area contributed by atoms with Crippen molar-refractivity contribution < 1.29 is 4.74 Å². The largest absolute Gasteiger partial charge is 0.493 e. The van der Waals surface area contributed by atoms with Crippen molar-refractivity contribution in [3.05, 3.63) is 47.8 Å². The Balaban J connectivity index is 1.41. The summed E-state index contributed by atoms with van der Waals surface area (Å²) in [5, 5.41) is 11.9. The van der Waals surface area contributed by atoms with E-state index >= 15 is 0 Å². The van der Waals surface area contributed by atoms with E-state index < -0.39 is 0 Å². The lowest BCUT2D eigenvalue weighted by Gasteiger charge is -2.08. The number of rotatable bonds is 7. The van der Waals surface area contributed by atoms with Crippen molar-refractivity contribution in [2.45, 2.75) is 24.0 Å². The van der Waals surface area contributed by atoms with E-state index in [0.29, 0.717) is 12.6 Å². The number of thiophene rings is 1. The van der Waals surface area contributed by atoms with Gasteiger partial charge in [0.1, 0.15) is 5.75 Å². The Kier molecular flexibility index (Phi) is 4.35. The Hall–Kier alpha value is -1.79. The van der Waals surface area contributed by atoms with Crippen LogP contribution in [0.15, 0.2) is 53.0 Å². The molecule has 1 aliphatic carbocycles. The zero-order chi connectivity index (χ0) is 15.5. The highest BCUT2D eigenvalue weighted by Gasteiger charge is 2.30. The number of para-hydroxylation sites is 1. The van der Waals surface area contributed by atoms with Crippen LogP contribution in [0.5, 0.6) is 5.75 Å². The minimum Gasteiger partial charge on any atom is -0.493 e. The Bertz CT molecular complexity index is 752. The van der Waals surface area contributed by atoms with E-state index in [4.69, 9.17) is 4.74 Å². The Morgan fingerprint density at radius 1 is 1.13 bits per heavy atom. The first-order valence-corrected chi connectivity index (χ1v) is 9.58. The lowest BCUT2D eigenvalue weighted by molar-refractivity contribution is 0.344. The molecule has 1 fully saturated rings. The molecule has 0 atom stereocenters. The maximum atomic E-state index is 5.75. The van der Waals surface area contributed by atoms with Crippen molar-refractivity contribution in [3.8, 4) is 16.5 Å². The van der Waals surface area contributed by atoms with Crippen molar-refractivity contribution in [1.82, 2.24) is 14.8 Å². The second-order valence-electron chi connectivity index (χ2n) is 5.39. The minimum absolute atomic E-state index is 0.569. The summed E-state index contributed by atoms with van der Waals surface area (Å²) in [6, 6.07) is 14.7. The molecule has 0 bridgehead atoms. The van der Waals surface area contributed by atoms with Gasteiger partial charge < -0.3 is 4.74 Å². The minimum atomic E-state index is 0.569. The van der Waals surface area contributed by atoms with E-state index in [0.717, 1.165) is 22.5 Å². The summed E-state index contributed by atoms with van der Waals surface area (Å²) in [5.41, 5.74) is 0. The van der Waals surface area contributed by atoms with Crippen LogP contribution in [0.4, 0.5) is 0 Å². The van der Waals surface area contributed by atoms with Gasteiger partial charge in [-0.2, -0.15) is 0 Å². The lowest BCUT2D eigenvalue weighted by Crippen LogP contribution is -2.03. The lowest BCUT2D eigenvalue weighted by atomic mass is 10.3. The van der Waals surface area contributed by atoms with Gasteiger partial charge in [0.25, 0.3) is 0 Å². The molecule has 1 aliphatic rings. The summed E-state index contributed by atoms with van der Waals surface area (Å²) < 4.78 is 8.05. The predicted molar refractivity (Wildman–Crippen MR) is 94.3 cm³/mol. The van der Waals surface area contributed by atoms with Gasteiger partial charge in [0, 0.05) is 11.8 Å². The summed E-state index contributed by atoms with van der Waals surface area (Å²) >= 11 is 3.44. The van der Waals surface area contributed by atoms with Gasteiger partial charge in [0.15, 0.2) is 11.0 Å². The van der Waals surface area contributed by atoms with Crippen LogP contribution in [0.1, 0.15) is 18.9 Å². The molecule has 0 unspecified atom stereocenters. The van der Waals surface area contributed by atoms with Gasteiger partial charge in [-0.05, 0) is 36.4 Å². The fourth-order valence-electron chi connectivity index (χ4n) is 2.42. The van der Waals surface area contributed by atoms with Crippen LogP contribution >= 0.6 is 23.1 Å². The number of thioether (sulfide) groups is 1. The SMILES string of the molecule is c1ccc(OCCSc2nnc(-c3cccs3)n2C2CC2)cc1. The Morgan fingerprint density at radius 2 is 2.00 bits per heavy atom. The summed E-state index contributed by atoms with van der Waals surface area (Å²) in [6.07, 6.45) is 2.45. The molecule has 6 heteroatoms.